The van der Waals surface area contributed by atoms with Crippen LogP contribution >= 0.6 is 11.6 Å². The average molecular weight is 403 g/mol. The topological polar surface area (TPSA) is 84.5 Å². The molecule has 0 aliphatic rings. The van der Waals surface area contributed by atoms with Gasteiger partial charge >= 0.3 is 5.97 Å². The van der Waals surface area contributed by atoms with Crippen molar-refractivity contribution in [3.63, 3.8) is 0 Å². The van der Waals surface area contributed by atoms with E-state index < -0.39 is 24.0 Å². The monoisotopic (exact) mass is 402 g/mol. The first-order valence-corrected chi connectivity index (χ1v) is 9.21. The molecule has 0 heterocycles. The first-order chi connectivity index (χ1) is 13.2. The van der Waals surface area contributed by atoms with Gasteiger partial charge in [0, 0.05) is 16.3 Å². The highest BCUT2D eigenvalue weighted by molar-refractivity contribution is 6.31. The van der Waals surface area contributed by atoms with Gasteiger partial charge in [-0.3, -0.25) is 9.59 Å². The summed E-state index contributed by atoms with van der Waals surface area (Å²) >= 11 is 6.03. The third-order valence-electron chi connectivity index (χ3n) is 4.17. The number of benzene rings is 2. The number of carbonyl (C=O) groups excluding carboxylic acids is 3. The molecule has 0 aromatic heterocycles. The Morgan fingerprint density at radius 3 is 2.39 bits per heavy atom. The predicted octanol–water partition coefficient (Wildman–Crippen LogP) is 3.65. The molecule has 0 bridgehead atoms. The molecule has 2 rings (SSSR count). The Balaban J connectivity index is 1.92. The standard InChI is InChI=1S/C21H23ClN2O4/c1-12-7-5-8-16(11-12)20(26)23-14(3)21(27)28-15(4)19(25)24-18-10-6-9-17(22)13(18)2/h5-11,14-15H,1-4H3,(H,23,26)(H,24,25)/t14-,15-/m0/s1. The van der Waals surface area contributed by atoms with Crippen LogP contribution in [0, 0.1) is 13.8 Å². The SMILES string of the molecule is Cc1cccc(C(=O)N[C@@H](C)C(=O)O[C@@H](C)C(=O)Nc2cccc(Cl)c2C)c1. The van der Waals surface area contributed by atoms with Crippen molar-refractivity contribution in [3.8, 4) is 0 Å². The van der Waals surface area contributed by atoms with Crippen molar-refractivity contribution in [1.82, 2.24) is 5.32 Å². The molecule has 0 spiro atoms. The lowest BCUT2D eigenvalue weighted by Gasteiger charge is -2.18. The number of nitrogens with one attached hydrogen (secondary N) is 2. The van der Waals surface area contributed by atoms with Gasteiger partial charge < -0.3 is 15.4 Å². The minimum absolute atomic E-state index is 0.389. The number of carbonyl (C=O) groups is 3. The number of anilines is 1. The molecule has 0 aliphatic heterocycles. The molecule has 148 valence electrons. The predicted molar refractivity (Wildman–Crippen MR) is 108 cm³/mol. The van der Waals surface area contributed by atoms with E-state index in [9.17, 15) is 14.4 Å². The van der Waals surface area contributed by atoms with Crippen LogP contribution in [0.1, 0.15) is 35.3 Å². The van der Waals surface area contributed by atoms with Crippen molar-refractivity contribution in [2.45, 2.75) is 39.8 Å². The molecular weight excluding hydrogens is 380 g/mol. The zero-order valence-electron chi connectivity index (χ0n) is 16.2. The van der Waals surface area contributed by atoms with E-state index in [0.29, 0.717) is 16.3 Å². The number of hydrogen-bond acceptors (Lipinski definition) is 4. The summed E-state index contributed by atoms with van der Waals surface area (Å²) < 4.78 is 5.18. The number of hydrogen-bond donors (Lipinski definition) is 2. The second-order valence-electron chi connectivity index (χ2n) is 6.55. The maximum Gasteiger partial charge on any atom is 0.329 e. The molecular formula is C21H23ClN2O4. The average Bonchev–Trinajstić information content (AvgIpc) is 2.65. The van der Waals surface area contributed by atoms with E-state index >= 15 is 0 Å². The third-order valence-corrected chi connectivity index (χ3v) is 4.58. The van der Waals surface area contributed by atoms with Crippen LogP contribution in [0.4, 0.5) is 5.69 Å². The van der Waals surface area contributed by atoms with Crippen LogP contribution in [-0.2, 0) is 14.3 Å². The molecule has 6 nitrogen and oxygen atoms in total. The molecule has 0 saturated heterocycles. The van der Waals surface area contributed by atoms with Crippen molar-refractivity contribution in [2.24, 2.45) is 0 Å². The maximum atomic E-state index is 12.3. The van der Waals surface area contributed by atoms with Crippen LogP contribution in [-0.4, -0.2) is 29.9 Å². The van der Waals surface area contributed by atoms with Crippen molar-refractivity contribution in [1.29, 1.82) is 0 Å². The van der Waals surface area contributed by atoms with Gasteiger partial charge in [-0.1, -0.05) is 35.4 Å². The Kier molecular flexibility index (Phi) is 7.18. The molecule has 0 saturated carbocycles. The van der Waals surface area contributed by atoms with Gasteiger partial charge in [0.15, 0.2) is 6.10 Å². The van der Waals surface area contributed by atoms with Gasteiger partial charge in [-0.25, -0.2) is 4.79 Å². The maximum absolute atomic E-state index is 12.3. The van der Waals surface area contributed by atoms with E-state index in [1.165, 1.54) is 13.8 Å². The lowest BCUT2D eigenvalue weighted by atomic mass is 10.1. The molecule has 0 unspecified atom stereocenters. The van der Waals surface area contributed by atoms with Gasteiger partial charge in [0.2, 0.25) is 0 Å². The van der Waals surface area contributed by atoms with E-state index in [0.717, 1.165) is 11.1 Å². The lowest BCUT2D eigenvalue weighted by molar-refractivity contribution is -0.154. The van der Waals surface area contributed by atoms with Crippen LogP contribution in [0.25, 0.3) is 0 Å². The van der Waals surface area contributed by atoms with Crippen LogP contribution < -0.4 is 10.6 Å². The number of ether oxygens (including phenoxy) is 1. The quantitative estimate of drug-likeness (QED) is 0.722. The lowest BCUT2D eigenvalue weighted by Crippen LogP contribution is -2.42. The number of esters is 1. The van der Waals surface area contributed by atoms with E-state index in [-0.39, 0.29) is 5.91 Å². The van der Waals surface area contributed by atoms with E-state index in [4.69, 9.17) is 16.3 Å². The summed E-state index contributed by atoms with van der Waals surface area (Å²) in [6.45, 7) is 6.61. The summed E-state index contributed by atoms with van der Waals surface area (Å²) in [6, 6.07) is 11.2. The zero-order chi connectivity index (χ0) is 20.8. The third kappa shape index (κ3) is 5.57. The fourth-order valence-electron chi connectivity index (χ4n) is 2.43. The summed E-state index contributed by atoms with van der Waals surface area (Å²) in [5.41, 5.74) is 2.64. The fourth-order valence-corrected chi connectivity index (χ4v) is 2.61. The summed E-state index contributed by atoms with van der Waals surface area (Å²) in [5, 5.41) is 5.77. The summed E-state index contributed by atoms with van der Waals surface area (Å²) in [6.07, 6.45) is -1.04. The highest BCUT2D eigenvalue weighted by Crippen LogP contribution is 2.23. The Hall–Kier alpha value is -2.86. The first-order valence-electron chi connectivity index (χ1n) is 8.83. The molecule has 7 heteroatoms. The van der Waals surface area contributed by atoms with E-state index in [1.54, 1.807) is 43.3 Å². The smallest absolute Gasteiger partial charge is 0.329 e. The summed E-state index contributed by atoms with van der Waals surface area (Å²) in [5.74, 6) is -1.58. The zero-order valence-corrected chi connectivity index (χ0v) is 17.0. The largest absolute Gasteiger partial charge is 0.451 e. The van der Waals surface area contributed by atoms with Gasteiger partial charge in [0.1, 0.15) is 6.04 Å². The number of aryl methyl sites for hydroxylation is 1. The molecule has 0 radical (unpaired) electrons. The summed E-state index contributed by atoms with van der Waals surface area (Å²) in [7, 11) is 0. The van der Waals surface area contributed by atoms with Crippen molar-refractivity contribution in [2.75, 3.05) is 5.32 Å². The number of rotatable bonds is 6. The molecule has 2 aromatic rings. The van der Waals surface area contributed by atoms with Crippen LogP contribution in [0.3, 0.4) is 0 Å². The second kappa shape index (κ2) is 9.37. The van der Waals surface area contributed by atoms with Crippen LogP contribution in [0.15, 0.2) is 42.5 Å². The van der Waals surface area contributed by atoms with Gasteiger partial charge in [-0.15, -0.1) is 0 Å². The molecule has 0 fully saturated rings. The Labute approximate surface area is 169 Å². The summed E-state index contributed by atoms with van der Waals surface area (Å²) in [4.78, 5) is 36.8. The first kappa shape index (κ1) is 21.4. The highest BCUT2D eigenvalue weighted by Gasteiger charge is 2.24. The molecule has 2 atom stereocenters. The van der Waals surface area contributed by atoms with Crippen molar-refractivity contribution in [3.05, 3.63) is 64.2 Å². The van der Waals surface area contributed by atoms with E-state index in [1.807, 2.05) is 13.0 Å². The minimum atomic E-state index is -1.04. The van der Waals surface area contributed by atoms with Gasteiger partial charge in [0.05, 0.1) is 0 Å². The minimum Gasteiger partial charge on any atom is -0.451 e. The number of halogens is 1. The van der Waals surface area contributed by atoms with Gasteiger partial charge in [0.25, 0.3) is 11.8 Å². The highest BCUT2D eigenvalue weighted by atomic mass is 35.5. The molecule has 2 aromatic carbocycles. The van der Waals surface area contributed by atoms with Gasteiger partial charge in [-0.2, -0.15) is 0 Å². The van der Waals surface area contributed by atoms with Crippen LogP contribution in [0.5, 0.6) is 0 Å². The molecule has 0 aliphatic carbocycles. The fraction of sp³-hybridized carbons (Fsp3) is 0.286. The second-order valence-corrected chi connectivity index (χ2v) is 6.95. The van der Waals surface area contributed by atoms with Crippen molar-refractivity contribution >= 4 is 35.1 Å². The Bertz CT molecular complexity index is 898. The molecule has 2 N–H and O–H groups in total. The molecule has 28 heavy (non-hydrogen) atoms. The molecule has 2 amide bonds. The number of amides is 2. The Morgan fingerprint density at radius 1 is 1.04 bits per heavy atom. The normalized spacial score (nSPS) is 12.6. The Morgan fingerprint density at radius 2 is 1.71 bits per heavy atom. The van der Waals surface area contributed by atoms with Crippen LogP contribution in [0.2, 0.25) is 5.02 Å². The van der Waals surface area contributed by atoms with Crippen molar-refractivity contribution < 1.29 is 19.1 Å². The van der Waals surface area contributed by atoms with E-state index in [2.05, 4.69) is 10.6 Å². The van der Waals surface area contributed by atoms with Gasteiger partial charge in [-0.05, 0) is 57.5 Å².